The molecule has 0 bridgehead atoms. The van der Waals surface area contributed by atoms with Crippen molar-refractivity contribution in [2.24, 2.45) is 0 Å². The number of carbonyl (C=O) groups excluding carboxylic acids is 1. The number of rotatable bonds is 1. The summed E-state index contributed by atoms with van der Waals surface area (Å²) in [5, 5.41) is 2.12. The Morgan fingerprint density at radius 2 is 1.81 bits per heavy atom. The first-order valence-electron chi connectivity index (χ1n) is 6.72. The molecule has 0 radical (unpaired) electrons. The number of hydrogen-bond donors (Lipinski definition) is 0. The molecule has 1 aliphatic rings. The van der Waals surface area contributed by atoms with Gasteiger partial charge < -0.3 is 9.53 Å². The summed E-state index contributed by atoms with van der Waals surface area (Å²) >= 11 is 3.50. The molecule has 1 heterocycles. The minimum absolute atomic E-state index is 0.270. The van der Waals surface area contributed by atoms with Crippen LogP contribution < -0.4 is 4.74 Å². The van der Waals surface area contributed by atoms with Crippen molar-refractivity contribution in [3.05, 3.63) is 70.2 Å². The number of fused-ring (bicyclic) bond motifs is 4. The van der Waals surface area contributed by atoms with E-state index in [1.165, 1.54) is 0 Å². The molecule has 1 unspecified atom stereocenters. The Morgan fingerprint density at radius 3 is 2.67 bits per heavy atom. The van der Waals surface area contributed by atoms with E-state index in [-0.39, 0.29) is 5.92 Å². The van der Waals surface area contributed by atoms with Crippen molar-refractivity contribution in [1.82, 2.24) is 0 Å². The highest BCUT2D eigenvalue weighted by atomic mass is 79.9. The van der Waals surface area contributed by atoms with E-state index in [9.17, 15) is 4.79 Å². The first-order chi connectivity index (χ1) is 10.3. The van der Waals surface area contributed by atoms with E-state index in [1.807, 2.05) is 54.6 Å². The Morgan fingerprint density at radius 1 is 1.00 bits per heavy atom. The Labute approximate surface area is 130 Å². The Kier molecular flexibility index (Phi) is 2.82. The first kappa shape index (κ1) is 12.6. The summed E-state index contributed by atoms with van der Waals surface area (Å²) < 4.78 is 7.09. The lowest BCUT2D eigenvalue weighted by molar-refractivity contribution is -0.108. The smallest absolute Gasteiger partial charge is 0.139 e. The lowest BCUT2D eigenvalue weighted by Crippen LogP contribution is -2.11. The Balaban J connectivity index is 2.04. The van der Waals surface area contributed by atoms with Crippen LogP contribution in [0.25, 0.3) is 10.8 Å². The van der Waals surface area contributed by atoms with Gasteiger partial charge in [-0.1, -0.05) is 52.3 Å². The quantitative estimate of drug-likeness (QED) is 0.581. The van der Waals surface area contributed by atoms with Gasteiger partial charge in [-0.3, -0.25) is 0 Å². The monoisotopic (exact) mass is 338 g/mol. The van der Waals surface area contributed by atoms with Gasteiger partial charge in [-0.25, -0.2) is 0 Å². The van der Waals surface area contributed by atoms with E-state index >= 15 is 0 Å². The van der Waals surface area contributed by atoms with Crippen LogP contribution in [0.4, 0.5) is 0 Å². The lowest BCUT2D eigenvalue weighted by Gasteiger charge is -2.26. The van der Waals surface area contributed by atoms with Crippen LogP contribution in [0.3, 0.4) is 0 Å². The third kappa shape index (κ3) is 1.88. The molecule has 0 aliphatic carbocycles. The van der Waals surface area contributed by atoms with E-state index in [4.69, 9.17) is 4.74 Å². The van der Waals surface area contributed by atoms with Gasteiger partial charge in [0.2, 0.25) is 0 Å². The molecular formula is C18H11BrO2. The minimum atomic E-state index is -0.270. The van der Waals surface area contributed by atoms with Crippen molar-refractivity contribution >= 4 is 33.0 Å². The molecule has 0 aromatic heterocycles. The van der Waals surface area contributed by atoms with Gasteiger partial charge in [-0.15, -0.1) is 0 Å². The van der Waals surface area contributed by atoms with Crippen LogP contribution in [-0.2, 0) is 4.79 Å². The summed E-state index contributed by atoms with van der Waals surface area (Å²) in [4.78, 5) is 11.6. The van der Waals surface area contributed by atoms with Crippen LogP contribution >= 0.6 is 15.9 Å². The number of para-hydroxylation sites is 1. The van der Waals surface area contributed by atoms with E-state index < -0.39 is 0 Å². The zero-order valence-corrected chi connectivity index (χ0v) is 12.6. The summed E-state index contributed by atoms with van der Waals surface area (Å²) in [5.41, 5.74) is 1.85. The van der Waals surface area contributed by atoms with Crippen LogP contribution in [0.15, 0.2) is 59.1 Å². The van der Waals surface area contributed by atoms with E-state index in [1.54, 1.807) is 0 Å². The molecule has 0 N–H and O–H groups in total. The average Bonchev–Trinajstić information content (AvgIpc) is 2.52. The summed E-state index contributed by atoms with van der Waals surface area (Å²) in [6.07, 6.45) is 0.990. The summed E-state index contributed by atoms with van der Waals surface area (Å²) in [7, 11) is 0. The van der Waals surface area contributed by atoms with Gasteiger partial charge >= 0.3 is 0 Å². The van der Waals surface area contributed by atoms with Crippen molar-refractivity contribution < 1.29 is 9.53 Å². The van der Waals surface area contributed by atoms with Crippen molar-refractivity contribution in [3.8, 4) is 11.5 Å². The fourth-order valence-corrected chi connectivity index (χ4v) is 3.26. The molecule has 0 saturated heterocycles. The highest BCUT2D eigenvalue weighted by Crippen LogP contribution is 2.46. The van der Waals surface area contributed by atoms with Gasteiger partial charge in [0, 0.05) is 21.0 Å². The fraction of sp³-hybridized carbons (Fsp3) is 0.0556. The van der Waals surface area contributed by atoms with E-state index in [0.29, 0.717) is 0 Å². The number of hydrogen-bond acceptors (Lipinski definition) is 2. The van der Waals surface area contributed by atoms with Gasteiger partial charge in [0.1, 0.15) is 17.8 Å². The third-order valence-electron chi connectivity index (χ3n) is 3.90. The molecule has 3 heteroatoms. The molecule has 4 rings (SSSR count). The standard InChI is InChI=1S/C18H11BrO2/c19-12-7-5-11-6-8-14-16(10-20)13-3-1-2-4-17(13)21-18(14)15(11)9-12/h1-10,16H. The zero-order chi connectivity index (χ0) is 14.4. The van der Waals surface area contributed by atoms with Gasteiger partial charge in [0.15, 0.2) is 0 Å². The van der Waals surface area contributed by atoms with Crippen molar-refractivity contribution in [3.63, 3.8) is 0 Å². The number of halogens is 1. The first-order valence-corrected chi connectivity index (χ1v) is 7.51. The topological polar surface area (TPSA) is 26.3 Å². The summed E-state index contributed by atoms with van der Waals surface area (Å²) in [5.74, 6) is 1.27. The maximum Gasteiger partial charge on any atom is 0.139 e. The second kappa shape index (κ2) is 4.71. The van der Waals surface area contributed by atoms with E-state index in [0.717, 1.165) is 44.2 Å². The minimum Gasteiger partial charge on any atom is -0.456 e. The second-order valence-electron chi connectivity index (χ2n) is 5.10. The maximum atomic E-state index is 11.6. The van der Waals surface area contributed by atoms with Crippen LogP contribution in [0, 0.1) is 0 Å². The third-order valence-corrected chi connectivity index (χ3v) is 4.40. The molecule has 1 aliphatic heterocycles. The van der Waals surface area contributed by atoms with E-state index in [2.05, 4.69) is 15.9 Å². The molecule has 3 aromatic carbocycles. The molecule has 2 nitrogen and oxygen atoms in total. The Hall–Kier alpha value is -2.13. The fourth-order valence-electron chi connectivity index (χ4n) is 2.89. The number of carbonyl (C=O) groups is 1. The summed E-state index contributed by atoms with van der Waals surface area (Å²) in [6, 6.07) is 17.8. The molecule has 3 aromatic rings. The lowest BCUT2D eigenvalue weighted by atomic mass is 9.87. The predicted molar refractivity (Wildman–Crippen MR) is 86.1 cm³/mol. The maximum absolute atomic E-state index is 11.6. The van der Waals surface area contributed by atoms with Crippen LogP contribution in [0.2, 0.25) is 0 Å². The molecule has 0 spiro atoms. The Bertz CT molecular complexity index is 870. The highest BCUT2D eigenvalue weighted by Gasteiger charge is 2.27. The van der Waals surface area contributed by atoms with Crippen molar-refractivity contribution in [2.75, 3.05) is 0 Å². The van der Waals surface area contributed by atoms with Gasteiger partial charge in [0.25, 0.3) is 0 Å². The SMILES string of the molecule is O=CC1c2ccccc2Oc2c1ccc1ccc(Br)cc21. The van der Waals surface area contributed by atoms with Gasteiger partial charge in [-0.05, 0) is 23.6 Å². The molecule has 102 valence electrons. The molecular weight excluding hydrogens is 328 g/mol. The van der Waals surface area contributed by atoms with Crippen LogP contribution in [0.5, 0.6) is 11.5 Å². The number of aldehydes is 1. The molecule has 0 amide bonds. The molecule has 0 fully saturated rings. The van der Waals surface area contributed by atoms with Crippen molar-refractivity contribution in [2.45, 2.75) is 5.92 Å². The van der Waals surface area contributed by atoms with Crippen LogP contribution in [-0.4, -0.2) is 6.29 Å². The van der Waals surface area contributed by atoms with Crippen molar-refractivity contribution in [1.29, 1.82) is 0 Å². The molecule has 21 heavy (non-hydrogen) atoms. The molecule has 0 saturated carbocycles. The van der Waals surface area contributed by atoms with Gasteiger partial charge in [-0.2, -0.15) is 0 Å². The summed E-state index contributed by atoms with van der Waals surface area (Å²) in [6.45, 7) is 0. The van der Waals surface area contributed by atoms with Crippen LogP contribution in [0.1, 0.15) is 17.0 Å². The predicted octanol–water partition coefficient (Wildman–Crippen LogP) is 5.04. The zero-order valence-electron chi connectivity index (χ0n) is 11.0. The van der Waals surface area contributed by atoms with Gasteiger partial charge in [0.05, 0.1) is 5.92 Å². The highest BCUT2D eigenvalue weighted by molar-refractivity contribution is 9.10. The normalized spacial score (nSPS) is 16.0. The average molecular weight is 339 g/mol. The largest absolute Gasteiger partial charge is 0.456 e. The number of ether oxygens (including phenoxy) is 1. The number of benzene rings is 3. The second-order valence-corrected chi connectivity index (χ2v) is 6.02. The molecule has 1 atom stereocenters.